The summed E-state index contributed by atoms with van der Waals surface area (Å²) < 4.78 is 18.0. The van der Waals surface area contributed by atoms with Crippen LogP contribution in [0.25, 0.3) is 0 Å². The number of hydrogen-bond acceptors (Lipinski definition) is 4. The monoisotopic (exact) mass is 255 g/mol. The Hall–Kier alpha value is -2.08. The highest BCUT2D eigenvalue weighted by atomic mass is 19.1. The van der Waals surface area contributed by atoms with E-state index >= 15 is 0 Å². The van der Waals surface area contributed by atoms with Crippen LogP contribution in [0.4, 0.5) is 9.18 Å². The molecule has 0 aliphatic rings. The zero-order valence-corrected chi connectivity index (χ0v) is 9.85. The molecule has 0 saturated heterocycles. The van der Waals surface area contributed by atoms with Gasteiger partial charge in [-0.3, -0.25) is 4.84 Å². The van der Waals surface area contributed by atoms with Crippen LogP contribution in [0.2, 0.25) is 0 Å². The van der Waals surface area contributed by atoms with Gasteiger partial charge in [0.2, 0.25) is 0 Å². The van der Waals surface area contributed by atoms with Gasteiger partial charge in [0.05, 0.1) is 0 Å². The fourth-order valence-electron chi connectivity index (χ4n) is 1.21. The van der Waals surface area contributed by atoms with Crippen molar-refractivity contribution in [2.45, 2.75) is 13.0 Å². The van der Waals surface area contributed by atoms with E-state index in [2.05, 4.69) is 11.3 Å². The molecule has 0 heterocycles. The molecule has 0 radical (unpaired) electrons. The minimum atomic E-state index is -0.791. The summed E-state index contributed by atoms with van der Waals surface area (Å²) in [7, 11) is 0. The summed E-state index contributed by atoms with van der Waals surface area (Å²) >= 11 is 0. The van der Waals surface area contributed by atoms with Gasteiger partial charge in [0.1, 0.15) is 24.3 Å². The minimum Gasteiger partial charge on any atom is -0.508 e. The number of hydroxylamine groups is 1. The van der Waals surface area contributed by atoms with Crippen LogP contribution in [0.3, 0.4) is 0 Å². The molecule has 0 saturated carbocycles. The molecule has 1 rings (SSSR count). The fraction of sp³-hybridized carbons (Fsp3) is 0.250. The number of aromatic hydroxyl groups is 1. The highest BCUT2D eigenvalue weighted by Gasteiger charge is 2.13. The number of phenolic OH excluding ortho intramolecular Hbond substituents is 1. The third-order valence-electron chi connectivity index (χ3n) is 2.07. The predicted octanol–water partition coefficient (Wildman–Crippen LogP) is 2.44. The Kier molecular flexibility index (Phi) is 5.13. The molecule has 18 heavy (non-hydrogen) atoms. The molecule has 1 aromatic rings. The standard InChI is InChI=1S/C12H14FNO4/c1-3-6-17-12(16)14-18-8(2)10-5-4-9(15)7-11(10)13/h3-5,7-8,15H,1,6H2,2H3,(H,14,16)/t8-/m0/s1. The van der Waals surface area contributed by atoms with E-state index in [-0.39, 0.29) is 17.9 Å². The summed E-state index contributed by atoms with van der Waals surface area (Å²) in [6.45, 7) is 4.97. The van der Waals surface area contributed by atoms with Crippen molar-refractivity contribution in [3.05, 3.63) is 42.2 Å². The zero-order valence-electron chi connectivity index (χ0n) is 9.85. The Morgan fingerprint density at radius 1 is 1.67 bits per heavy atom. The molecule has 5 nitrogen and oxygen atoms in total. The van der Waals surface area contributed by atoms with Crippen LogP contribution >= 0.6 is 0 Å². The average molecular weight is 255 g/mol. The van der Waals surface area contributed by atoms with Crippen LogP contribution in [0, 0.1) is 5.82 Å². The van der Waals surface area contributed by atoms with E-state index in [1.54, 1.807) is 6.92 Å². The molecule has 0 aliphatic heterocycles. The number of ether oxygens (including phenoxy) is 1. The van der Waals surface area contributed by atoms with Crippen LogP contribution in [0.15, 0.2) is 30.9 Å². The highest BCUT2D eigenvalue weighted by molar-refractivity contribution is 5.65. The van der Waals surface area contributed by atoms with E-state index in [0.717, 1.165) is 6.07 Å². The molecule has 6 heteroatoms. The first-order chi connectivity index (χ1) is 8.54. The van der Waals surface area contributed by atoms with Gasteiger partial charge in [-0.1, -0.05) is 12.7 Å². The lowest BCUT2D eigenvalue weighted by molar-refractivity contribution is -0.0159. The van der Waals surface area contributed by atoms with Gasteiger partial charge >= 0.3 is 6.09 Å². The summed E-state index contributed by atoms with van der Waals surface area (Å²) in [5, 5.41) is 9.05. The van der Waals surface area contributed by atoms with Crippen LogP contribution in [0.1, 0.15) is 18.6 Å². The molecule has 1 atom stereocenters. The number of phenols is 1. The number of carbonyl (C=O) groups is 1. The van der Waals surface area contributed by atoms with Gasteiger partial charge < -0.3 is 9.84 Å². The molecular formula is C12H14FNO4. The van der Waals surface area contributed by atoms with E-state index in [1.807, 2.05) is 5.48 Å². The van der Waals surface area contributed by atoms with Crippen molar-refractivity contribution in [3.8, 4) is 5.75 Å². The van der Waals surface area contributed by atoms with Crippen LogP contribution < -0.4 is 5.48 Å². The Labute approximate surface area is 104 Å². The van der Waals surface area contributed by atoms with E-state index < -0.39 is 18.0 Å². The topological polar surface area (TPSA) is 67.8 Å². The summed E-state index contributed by atoms with van der Waals surface area (Å²) in [6, 6.07) is 3.66. The van der Waals surface area contributed by atoms with Gasteiger partial charge in [0, 0.05) is 11.6 Å². The van der Waals surface area contributed by atoms with Crippen molar-refractivity contribution in [2.24, 2.45) is 0 Å². The van der Waals surface area contributed by atoms with Gasteiger partial charge in [-0.15, -0.1) is 0 Å². The van der Waals surface area contributed by atoms with Crippen LogP contribution in [-0.2, 0) is 9.57 Å². The van der Waals surface area contributed by atoms with Gasteiger partial charge in [-0.05, 0) is 19.1 Å². The summed E-state index contributed by atoms with van der Waals surface area (Å²) in [5.41, 5.74) is 2.22. The molecule has 0 unspecified atom stereocenters. The second kappa shape index (κ2) is 6.61. The second-order valence-corrected chi connectivity index (χ2v) is 3.46. The van der Waals surface area contributed by atoms with Crippen molar-refractivity contribution >= 4 is 6.09 Å². The third kappa shape index (κ3) is 4.06. The molecular weight excluding hydrogens is 241 g/mol. The molecule has 98 valence electrons. The summed E-state index contributed by atoms with van der Waals surface area (Å²) in [6.07, 6.45) is -0.106. The van der Waals surface area contributed by atoms with E-state index in [9.17, 15) is 9.18 Å². The number of benzene rings is 1. The average Bonchev–Trinajstić information content (AvgIpc) is 2.33. The van der Waals surface area contributed by atoms with Gasteiger partial charge in [0.15, 0.2) is 0 Å². The first-order valence-electron chi connectivity index (χ1n) is 5.22. The largest absolute Gasteiger partial charge is 0.508 e. The highest BCUT2D eigenvalue weighted by Crippen LogP contribution is 2.22. The smallest absolute Gasteiger partial charge is 0.431 e. The fourth-order valence-corrected chi connectivity index (χ4v) is 1.21. The van der Waals surface area contributed by atoms with Crippen molar-refractivity contribution in [3.63, 3.8) is 0 Å². The number of hydrogen-bond donors (Lipinski definition) is 2. The number of nitrogens with one attached hydrogen (secondary N) is 1. The number of amides is 1. The molecule has 0 fully saturated rings. The van der Waals surface area contributed by atoms with Crippen molar-refractivity contribution < 1.29 is 23.9 Å². The molecule has 1 amide bonds. The molecule has 0 bridgehead atoms. The Balaban J connectivity index is 2.52. The zero-order chi connectivity index (χ0) is 13.5. The first kappa shape index (κ1) is 14.0. The Morgan fingerprint density at radius 2 is 2.39 bits per heavy atom. The predicted molar refractivity (Wildman–Crippen MR) is 62.2 cm³/mol. The summed E-state index contributed by atoms with van der Waals surface area (Å²) in [5.74, 6) is -0.800. The Bertz CT molecular complexity index is 436. The van der Waals surface area contributed by atoms with Crippen LogP contribution in [-0.4, -0.2) is 17.8 Å². The van der Waals surface area contributed by atoms with Gasteiger partial charge in [-0.2, -0.15) is 5.48 Å². The number of halogens is 1. The lowest BCUT2D eigenvalue weighted by Gasteiger charge is -2.14. The van der Waals surface area contributed by atoms with Crippen molar-refractivity contribution in [1.82, 2.24) is 5.48 Å². The van der Waals surface area contributed by atoms with E-state index in [4.69, 9.17) is 9.94 Å². The molecule has 0 aromatic heterocycles. The van der Waals surface area contributed by atoms with Crippen LogP contribution in [0.5, 0.6) is 5.75 Å². The minimum absolute atomic E-state index is 0.0527. The maximum absolute atomic E-state index is 13.4. The summed E-state index contributed by atoms with van der Waals surface area (Å²) in [4.78, 5) is 16.0. The lowest BCUT2D eigenvalue weighted by Crippen LogP contribution is -2.26. The normalized spacial score (nSPS) is 11.7. The molecule has 1 aromatic carbocycles. The second-order valence-electron chi connectivity index (χ2n) is 3.46. The number of carbonyl (C=O) groups excluding carboxylic acids is 1. The van der Waals surface area contributed by atoms with Crippen molar-refractivity contribution in [2.75, 3.05) is 6.61 Å². The van der Waals surface area contributed by atoms with E-state index in [0.29, 0.717) is 0 Å². The third-order valence-corrected chi connectivity index (χ3v) is 2.07. The van der Waals surface area contributed by atoms with Gasteiger partial charge in [-0.25, -0.2) is 9.18 Å². The van der Waals surface area contributed by atoms with E-state index in [1.165, 1.54) is 18.2 Å². The van der Waals surface area contributed by atoms with Gasteiger partial charge in [0.25, 0.3) is 0 Å². The number of rotatable bonds is 5. The molecule has 0 aliphatic carbocycles. The maximum atomic E-state index is 13.4. The Morgan fingerprint density at radius 3 is 3.00 bits per heavy atom. The van der Waals surface area contributed by atoms with Crippen molar-refractivity contribution in [1.29, 1.82) is 0 Å². The maximum Gasteiger partial charge on any atom is 0.431 e. The molecule has 0 spiro atoms. The molecule has 2 N–H and O–H groups in total. The quantitative estimate of drug-likeness (QED) is 0.626. The first-order valence-corrected chi connectivity index (χ1v) is 5.22. The lowest BCUT2D eigenvalue weighted by atomic mass is 10.1. The SMILES string of the molecule is C=CCOC(=O)NO[C@@H](C)c1ccc(O)cc1F.